The molecule has 3 aromatic rings. The summed E-state index contributed by atoms with van der Waals surface area (Å²) in [5.41, 5.74) is 11.0. The van der Waals surface area contributed by atoms with Crippen LogP contribution in [0.25, 0.3) is 10.2 Å². The molecule has 3 rings (SSSR count). The molecule has 0 aromatic carbocycles. The molecule has 3 N–H and O–H groups in total. The molecule has 22 heavy (non-hydrogen) atoms. The van der Waals surface area contributed by atoms with Crippen LogP contribution in [-0.4, -0.2) is 17.1 Å². The molecule has 0 fully saturated rings. The Labute approximate surface area is 135 Å². The molecule has 7 heteroatoms. The fourth-order valence-electron chi connectivity index (χ4n) is 2.21. The number of anilines is 1. The molecular formula is C15H14N4OS2. The number of fused-ring (bicyclic) bond motifs is 1. The number of nitrogens with zero attached hydrogens (tertiary/aromatic N) is 2. The van der Waals surface area contributed by atoms with Crippen LogP contribution in [0.5, 0.6) is 0 Å². The number of nitrogens with one attached hydrogen (secondary N) is 1. The maximum atomic E-state index is 12.2. The highest BCUT2D eigenvalue weighted by molar-refractivity contribution is 7.21. The van der Waals surface area contributed by atoms with Gasteiger partial charge in [0.1, 0.15) is 9.71 Å². The number of aryl methyl sites for hydroxylation is 2. The van der Waals surface area contributed by atoms with Crippen molar-refractivity contribution < 1.29 is 4.79 Å². The zero-order valence-corrected chi connectivity index (χ0v) is 13.7. The van der Waals surface area contributed by atoms with Crippen molar-refractivity contribution in [2.75, 3.05) is 5.73 Å². The first-order valence-electron chi connectivity index (χ1n) is 6.59. The normalized spacial score (nSPS) is 11.4. The van der Waals surface area contributed by atoms with Gasteiger partial charge in [-0.15, -0.1) is 22.7 Å². The molecular weight excluding hydrogens is 316 g/mol. The molecule has 3 aromatic heterocycles. The second kappa shape index (κ2) is 5.86. The minimum Gasteiger partial charge on any atom is -0.397 e. The summed E-state index contributed by atoms with van der Waals surface area (Å²) in [7, 11) is 0. The van der Waals surface area contributed by atoms with Crippen LogP contribution in [0.15, 0.2) is 28.7 Å². The maximum absolute atomic E-state index is 12.2. The van der Waals surface area contributed by atoms with Crippen molar-refractivity contribution in [1.82, 2.24) is 10.4 Å². The van der Waals surface area contributed by atoms with Gasteiger partial charge in [0, 0.05) is 16.0 Å². The molecule has 0 atom stereocenters. The van der Waals surface area contributed by atoms with E-state index in [4.69, 9.17) is 5.73 Å². The van der Waals surface area contributed by atoms with Crippen LogP contribution in [-0.2, 0) is 0 Å². The molecule has 3 heterocycles. The lowest BCUT2D eigenvalue weighted by atomic mass is 10.1. The lowest BCUT2D eigenvalue weighted by Gasteiger charge is -2.00. The van der Waals surface area contributed by atoms with Crippen LogP contribution in [0.1, 0.15) is 25.8 Å². The van der Waals surface area contributed by atoms with Gasteiger partial charge in [-0.2, -0.15) is 5.10 Å². The number of hydrogen-bond acceptors (Lipinski definition) is 6. The third-order valence-electron chi connectivity index (χ3n) is 3.13. The molecule has 0 spiro atoms. The molecule has 0 saturated carbocycles. The van der Waals surface area contributed by atoms with Gasteiger partial charge in [-0.05, 0) is 36.9 Å². The van der Waals surface area contributed by atoms with E-state index in [1.54, 1.807) is 17.6 Å². The van der Waals surface area contributed by atoms with Gasteiger partial charge >= 0.3 is 0 Å². The summed E-state index contributed by atoms with van der Waals surface area (Å²) in [6, 6.07) is 5.81. The van der Waals surface area contributed by atoms with E-state index < -0.39 is 0 Å². The number of rotatable bonds is 3. The van der Waals surface area contributed by atoms with Crippen LogP contribution < -0.4 is 11.2 Å². The summed E-state index contributed by atoms with van der Waals surface area (Å²) in [6.45, 7) is 3.89. The van der Waals surface area contributed by atoms with E-state index in [1.807, 2.05) is 37.4 Å². The molecule has 0 saturated heterocycles. The van der Waals surface area contributed by atoms with Crippen LogP contribution >= 0.6 is 22.7 Å². The highest BCUT2D eigenvalue weighted by Gasteiger charge is 2.18. The van der Waals surface area contributed by atoms with E-state index in [-0.39, 0.29) is 5.91 Å². The Hall–Kier alpha value is -2.25. The van der Waals surface area contributed by atoms with Gasteiger partial charge in [0.25, 0.3) is 5.91 Å². The van der Waals surface area contributed by atoms with Gasteiger partial charge in [0.15, 0.2) is 0 Å². The van der Waals surface area contributed by atoms with E-state index in [0.29, 0.717) is 10.6 Å². The van der Waals surface area contributed by atoms with Crippen molar-refractivity contribution in [2.45, 2.75) is 13.8 Å². The summed E-state index contributed by atoms with van der Waals surface area (Å²) in [6.07, 6.45) is 1.61. The van der Waals surface area contributed by atoms with Gasteiger partial charge in [-0.3, -0.25) is 4.79 Å². The van der Waals surface area contributed by atoms with Crippen molar-refractivity contribution in [1.29, 1.82) is 0 Å². The van der Waals surface area contributed by atoms with Gasteiger partial charge in [0.2, 0.25) is 0 Å². The fourth-order valence-corrected chi connectivity index (χ4v) is 3.90. The lowest BCUT2D eigenvalue weighted by molar-refractivity contribution is 0.0960. The largest absolute Gasteiger partial charge is 0.397 e. The Morgan fingerprint density at radius 2 is 2.27 bits per heavy atom. The smallest absolute Gasteiger partial charge is 0.283 e. The van der Waals surface area contributed by atoms with Crippen LogP contribution in [0.4, 0.5) is 5.69 Å². The molecule has 112 valence electrons. The SMILES string of the molecule is Cc1cc(C)c2c(N)c(C(=O)N/N=C\c3cccs3)sc2n1. The predicted octanol–water partition coefficient (Wildman–Crippen LogP) is 3.32. The number of hydrazone groups is 1. The quantitative estimate of drug-likeness (QED) is 0.571. The van der Waals surface area contributed by atoms with Crippen LogP contribution in [0.2, 0.25) is 0 Å². The van der Waals surface area contributed by atoms with Crippen molar-refractivity contribution in [3.8, 4) is 0 Å². The van der Waals surface area contributed by atoms with E-state index in [0.717, 1.165) is 26.4 Å². The Morgan fingerprint density at radius 1 is 1.45 bits per heavy atom. The first-order chi connectivity index (χ1) is 10.6. The summed E-state index contributed by atoms with van der Waals surface area (Å²) in [4.78, 5) is 18.9. The number of nitrogen functional groups attached to an aromatic ring is 1. The molecule has 0 unspecified atom stereocenters. The molecule has 0 radical (unpaired) electrons. The van der Waals surface area contributed by atoms with Crippen LogP contribution in [0.3, 0.4) is 0 Å². The fraction of sp³-hybridized carbons (Fsp3) is 0.133. The van der Waals surface area contributed by atoms with E-state index in [2.05, 4.69) is 15.5 Å². The average molecular weight is 330 g/mol. The molecule has 0 aliphatic carbocycles. The number of thiophene rings is 2. The number of carbonyl (C=O) groups is 1. The average Bonchev–Trinajstić information content (AvgIpc) is 3.06. The first kappa shape index (κ1) is 14.7. The lowest BCUT2D eigenvalue weighted by Crippen LogP contribution is -2.17. The molecule has 0 aliphatic rings. The monoisotopic (exact) mass is 330 g/mol. The number of carbonyl (C=O) groups excluding carboxylic acids is 1. The standard InChI is InChI=1S/C15H14N4OS2/c1-8-6-9(2)18-15-11(8)12(16)13(22-15)14(20)19-17-7-10-4-3-5-21-10/h3-7H,16H2,1-2H3,(H,19,20)/b17-7-. The van der Waals surface area contributed by atoms with Gasteiger partial charge in [0.05, 0.1) is 11.9 Å². The summed E-state index contributed by atoms with van der Waals surface area (Å²) in [5, 5.41) is 6.76. The molecule has 1 amide bonds. The third kappa shape index (κ3) is 2.72. The molecule has 5 nitrogen and oxygen atoms in total. The maximum Gasteiger partial charge on any atom is 0.283 e. The van der Waals surface area contributed by atoms with E-state index in [1.165, 1.54) is 11.3 Å². The van der Waals surface area contributed by atoms with Gasteiger partial charge < -0.3 is 5.73 Å². The van der Waals surface area contributed by atoms with Crippen molar-refractivity contribution in [2.24, 2.45) is 5.10 Å². The van der Waals surface area contributed by atoms with E-state index in [9.17, 15) is 4.79 Å². The highest BCUT2D eigenvalue weighted by atomic mass is 32.1. The zero-order valence-electron chi connectivity index (χ0n) is 12.1. The Bertz CT molecular complexity index is 865. The van der Waals surface area contributed by atoms with E-state index >= 15 is 0 Å². The third-order valence-corrected chi connectivity index (χ3v) is 5.04. The Morgan fingerprint density at radius 3 is 3.00 bits per heavy atom. The Kier molecular flexibility index (Phi) is 3.91. The summed E-state index contributed by atoms with van der Waals surface area (Å²) in [5.74, 6) is -0.314. The summed E-state index contributed by atoms with van der Waals surface area (Å²) >= 11 is 2.84. The number of aromatic nitrogens is 1. The predicted molar refractivity (Wildman–Crippen MR) is 92.9 cm³/mol. The Balaban J connectivity index is 1.88. The van der Waals surface area contributed by atoms with Crippen molar-refractivity contribution in [3.05, 3.63) is 44.6 Å². The minimum atomic E-state index is -0.314. The highest BCUT2D eigenvalue weighted by Crippen LogP contribution is 2.34. The van der Waals surface area contributed by atoms with Gasteiger partial charge in [-0.1, -0.05) is 6.07 Å². The number of nitrogens with two attached hydrogens (primary N) is 1. The topological polar surface area (TPSA) is 80.4 Å². The molecule has 0 bridgehead atoms. The second-order valence-electron chi connectivity index (χ2n) is 4.82. The van der Waals surface area contributed by atoms with Crippen molar-refractivity contribution >= 4 is 50.7 Å². The first-order valence-corrected chi connectivity index (χ1v) is 8.29. The van der Waals surface area contributed by atoms with Crippen molar-refractivity contribution in [3.63, 3.8) is 0 Å². The zero-order chi connectivity index (χ0) is 15.7. The molecule has 0 aliphatic heterocycles. The second-order valence-corrected chi connectivity index (χ2v) is 6.80. The van der Waals surface area contributed by atoms with Gasteiger partial charge in [-0.25, -0.2) is 10.4 Å². The number of hydrogen-bond donors (Lipinski definition) is 2. The number of pyridine rings is 1. The minimum absolute atomic E-state index is 0.314. The van der Waals surface area contributed by atoms with Crippen LogP contribution in [0, 0.1) is 13.8 Å². The summed E-state index contributed by atoms with van der Waals surface area (Å²) < 4.78 is 0. The number of amides is 1.